The Labute approximate surface area is 139 Å². The topological polar surface area (TPSA) is 72.7 Å². The molecule has 0 fully saturated rings. The Hall–Kier alpha value is 0.316. The summed E-state index contributed by atoms with van der Waals surface area (Å²) in [6.45, 7) is 2.19. The van der Waals surface area contributed by atoms with E-state index in [4.69, 9.17) is 5.11 Å². The van der Waals surface area contributed by atoms with Crippen LogP contribution >= 0.6 is 0 Å². The summed E-state index contributed by atoms with van der Waals surface area (Å²) in [6.07, 6.45) is 7.21. The van der Waals surface area contributed by atoms with Crippen LogP contribution in [0.25, 0.3) is 0 Å². The molecule has 0 atom stereocenters. The van der Waals surface area contributed by atoms with Crippen LogP contribution in [-0.4, -0.2) is 23.5 Å². The molecule has 1 N–H and O–H groups in total. The molecule has 0 aliphatic carbocycles. The summed E-state index contributed by atoms with van der Waals surface area (Å²) < 4.78 is 0. The maximum atomic E-state index is 11.0. The minimum Gasteiger partial charge on any atom is -0.862 e. The van der Waals surface area contributed by atoms with E-state index in [1.165, 1.54) is 0 Å². The fourth-order valence-corrected chi connectivity index (χ4v) is 0.965. The van der Waals surface area contributed by atoms with E-state index in [-0.39, 0.29) is 76.7 Å². The number of hydrogen-bond donors (Lipinski definition) is 1. The van der Waals surface area contributed by atoms with Crippen molar-refractivity contribution in [2.75, 3.05) is 6.54 Å². The first-order valence-electron chi connectivity index (χ1n) is 5.24. The van der Waals surface area contributed by atoms with Crippen molar-refractivity contribution in [2.45, 2.75) is 39.0 Å². The fourth-order valence-electron chi connectivity index (χ4n) is 0.965. The van der Waals surface area contributed by atoms with Crippen LogP contribution in [0.4, 0.5) is 0 Å². The van der Waals surface area contributed by atoms with Crippen molar-refractivity contribution in [1.82, 2.24) is 0 Å². The van der Waals surface area contributed by atoms with Crippen molar-refractivity contribution < 1.29 is 66.4 Å². The molecule has 0 bridgehead atoms. The van der Waals surface area contributed by atoms with Gasteiger partial charge >= 0.3 is 57.4 Å². The van der Waals surface area contributed by atoms with Crippen LogP contribution in [0.15, 0.2) is 17.1 Å². The zero-order chi connectivity index (χ0) is 11.5. The van der Waals surface area contributed by atoms with Gasteiger partial charge < -0.3 is 15.2 Å². The molecule has 0 unspecified atom stereocenters. The van der Waals surface area contributed by atoms with E-state index in [1.54, 1.807) is 6.08 Å². The van der Waals surface area contributed by atoms with Crippen molar-refractivity contribution in [1.29, 1.82) is 0 Å². The van der Waals surface area contributed by atoms with E-state index >= 15 is 0 Å². The summed E-state index contributed by atoms with van der Waals surface area (Å²) in [6, 6.07) is 0. The van der Waals surface area contributed by atoms with Crippen molar-refractivity contribution in [2.24, 2.45) is 4.99 Å². The Bertz CT molecular complexity index is 239. The van der Waals surface area contributed by atoms with E-state index in [2.05, 4.69) is 11.9 Å². The number of aliphatic imine (C=N–C) groups is 1. The fraction of sp³-hybridized carbons (Fsp3) is 0.636. The van der Waals surface area contributed by atoms with Gasteiger partial charge in [0, 0.05) is 6.54 Å². The summed E-state index contributed by atoms with van der Waals surface area (Å²) in [5.74, 6) is -1.17. The second-order valence-corrected chi connectivity index (χ2v) is 3.24. The molecule has 4 nitrogen and oxygen atoms in total. The van der Waals surface area contributed by atoms with Gasteiger partial charge in [0.05, 0.1) is 6.42 Å². The molecule has 0 aromatic carbocycles. The van der Waals surface area contributed by atoms with E-state index in [9.17, 15) is 9.90 Å². The average Bonchev–Trinajstić information content (AvgIpc) is 2.17. The van der Waals surface area contributed by atoms with Gasteiger partial charge in [-0.1, -0.05) is 31.9 Å². The average molecular weight is 251 g/mol. The Morgan fingerprint density at radius 1 is 1.44 bits per heavy atom. The Morgan fingerprint density at radius 3 is 2.69 bits per heavy atom. The monoisotopic (exact) mass is 251 g/mol. The molecule has 0 aromatic rings. The molecule has 0 amide bonds. The maximum Gasteiger partial charge on any atom is 1.00 e. The predicted octanol–water partition coefficient (Wildman–Crippen LogP) is -1.64. The van der Waals surface area contributed by atoms with Crippen molar-refractivity contribution in [3.63, 3.8) is 0 Å². The van der Waals surface area contributed by atoms with Gasteiger partial charge in [-0.15, -0.1) is 0 Å². The zero-order valence-corrected chi connectivity index (χ0v) is 13.2. The molecular formula is C11H18KNO3. The normalized spacial score (nSPS) is 11.4. The molecule has 0 spiro atoms. The summed E-state index contributed by atoms with van der Waals surface area (Å²) >= 11 is 0. The van der Waals surface area contributed by atoms with Gasteiger partial charge in [0.25, 0.3) is 0 Å². The molecule has 0 rings (SSSR count). The third-order valence-corrected chi connectivity index (χ3v) is 1.80. The van der Waals surface area contributed by atoms with Gasteiger partial charge in [-0.25, -0.2) is 0 Å². The van der Waals surface area contributed by atoms with Crippen LogP contribution in [0.1, 0.15) is 39.0 Å². The smallest absolute Gasteiger partial charge is 0.862 e. The van der Waals surface area contributed by atoms with Gasteiger partial charge in [0.1, 0.15) is 0 Å². The van der Waals surface area contributed by atoms with Gasteiger partial charge in [-0.05, 0) is 18.7 Å². The molecule has 0 aliphatic heterocycles. The molecule has 86 valence electrons. The van der Waals surface area contributed by atoms with Gasteiger partial charge in [-0.2, -0.15) is 0 Å². The first kappa shape index (κ1) is 18.7. The van der Waals surface area contributed by atoms with Crippen LogP contribution in [0.3, 0.4) is 0 Å². The quantitative estimate of drug-likeness (QED) is 0.185. The third-order valence-electron chi connectivity index (χ3n) is 1.80. The Morgan fingerprint density at radius 2 is 2.12 bits per heavy atom. The molecule has 0 aromatic heterocycles. The van der Waals surface area contributed by atoms with Crippen LogP contribution in [0.2, 0.25) is 0 Å². The number of unbranched alkanes of at least 4 members (excludes halogenated alkanes) is 2. The number of allylic oxidation sites excluding steroid dienone is 1. The molecule has 0 saturated carbocycles. The molecule has 5 heteroatoms. The Balaban J connectivity index is 0. The Kier molecular flexibility index (Phi) is 15.6. The molecule has 0 radical (unpaired) electrons. The number of nitrogens with zero attached hydrogens (tertiary/aromatic N) is 1. The van der Waals surface area contributed by atoms with Crippen LogP contribution in [0, 0.1) is 0 Å². The molecular weight excluding hydrogens is 233 g/mol. The standard InChI is InChI=1S/C11H19NO3.K/c1-2-3-4-5-6-7-10(13)12-9-8-11(14)15;/h5-6H,2-4,7-9H2,1H3,(H,12,13)(H,14,15);/q;+1/p-1/b6-5+;. The van der Waals surface area contributed by atoms with Crippen molar-refractivity contribution in [3.8, 4) is 0 Å². The number of carboxylic acid groups (broad SMARTS) is 1. The van der Waals surface area contributed by atoms with Gasteiger partial charge in [0.15, 0.2) is 0 Å². The van der Waals surface area contributed by atoms with Crippen molar-refractivity contribution >= 4 is 11.9 Å². The van der Waals surface area contributed by atoms with Gasteiger partial charge in [-0.3, -0.25) is 4.79 Å². The number of carboxylic acids is 1. The largest absolute Gasteiger partial charge is 1.00 e. The second-order valence-electron chi connectivity index (χ2n) is 3.24. The molecule has 0 saturated heterocycles. The number of hydrogen-bond acceptors (Lipinski definition) is 3. The zero-order valence-electron chi connectivity index (χ0n) is 10.1. The van der Waals surface area contributed by atoms with Crippen LogP contribution in [0.5, 0.6) is 0 Å². The number of aliphatic carboxylic acids is 1. The summed E-state index contributed by atoms with van der Waals surface area (Å²) in [4.78, 5) is 13.7. The predicted molar refractivity (Wildman–Crippen MR) is 57.8 cm³/mol. The molecule has 0 aliphatic rings. The minimum absolute atomic E-state index is 0. The molecule has 0 heterocycles. The van der Waals surface area contributed by atoms with Crippen LogP contribution in [-0.2, 0) is 4.79 Å². The first-order chi connectivity index (χ1) is 7.16. The molecule has 16 heavy (non-hydrogen) atoms. The van der Waals surface area contributed by atoms with E-state index in [1.807, 2.05) is 6.08 Å². The van der Waals surface area contributed by atoms with E-state index in [0.717, 1.165) is 19.3 Å². The maximum absolute atomic E-state index is 11.0. The van der Waals surface area contributed by atoms with Crippen LogP contribution < -0.4 is 56.5 Å². The number of rotatable bonds is 8. The van der Waals surface area contributed by atoms with Gasteiger partial charge in [0.2, 0.25) is 0 Å². The summed E-state index contributed by atoms with van der Waals surface area (Å²) in [7, 11) is 0. The van der Waals surface area contributed by atoms with E-state index in [0.29, 0.717) is 0 Å². The number of carbonyl (C=O) groups is 1. The summed E-state index contributed by atoms with van der Waals surface area (Å²) in [5, 5.41) is 19.4. The SMILES string of the molecule is CCCC/C=C/CC([O-])=NCCC(=O)O.[K+]. The third kappa shape index (κ3) is 14.3. The first-order valence-corrected chi connectivity index (χ1v) is 5.24. The summed E-state index contributed by atoms with van der Waals surface area (Å²) in [5.41, 5.74) is 0. The van der Waals surface area contributed by atoms with Crippen molar-refractivity contribution in [3.05, 3.63) is 12.2 Å². The minimum atomic E-state index is -0.926. The second kappa shape index (κ2) is 13.4. The van der Waals surface area contributed by atoms with E-state index < -0.39 is 5.97 Å².